The summed E-state index contributed by atoms with van der Waals surface area (Å²) in [6.07, 6.45) is 8.90. The lowest BCUT2D eigenvalue weighted by Gasteiger charge is -2.47. The fraction of sp³-hybridized carbons (Fsp3) is 0.450. The van der Waals surface area contributed by atoms with Gasteiger partial charge in [0.2, 0.25) is 0 Å². The van der Waals surface area contributed by atoms with Crippen molar-refractivity contribution in [3.05, 3.63) is 35.5 Å². The zero-order valence-corrected chi connectivity index (χ0v) is 17.3. The molecule has 4 N–H and O–H groups in total. The Morgan fingerprint density at radius 3 is 2.67 bits per heavy atom. The van der Waals surface area contributed by atoms with Crippen molar-refractivity contribution in [2.24, 2.45) is 33.5 Å². The van der Waals surface area contributed by atoms with Crippen molar-refractivity contribution in [1.29, 1.82) is 0 Å². The molecule has 0 aliphatic heterocycles. The second kappa shape index (κ2) is 9.80. The number of fused-ring (bicyclic) bond motifs is 3. The van der Waals surface area contributed by atoms with Crippen LogP contribution >= 0.6 is 11.6 Å². The zero-order valence-electron chi connectivity index (χ0n) is 16.5. The first-order valence-electron chi connectivity index (χ1n) is 9.76. The summed E-state index contributed by atoms with van der Waals surface area (Å²) in [6, 6.07) is -0.386. The highest BCUT2D eigenvalue weighted by Gasteiger charge is 2.47. The lowest BCUT2D eigenvalue weighted by molar-refractivity contribution is -0.148. The van der Waals surface area contributed by atoms with Crippen LogP contribution in [-0.2, 0) is 4.79 Å². The molecule has 30 heavy (non-hydrogen) atoms. The fourth-order valence-electron chi connectivity index (χ4n) is 4.36. The SMILES string of the molecule is CC=NC(=CN)C(/C=C/Cl)=Nc1ncc(F)c(N[C@H]2C3CCC(CC3)[C@@H]2C(=O)O)n1. The molecule has 10 heteroatoms. The number of aliphatic imine (C=N–C) groups is 2. The molecule has 4 rings (SSSR count). The summed E-state index contributed by atoms with van der Waals surface area (Å²) in [5.41, 5.74) is 7.47. The summed E-state index contributed by atoms with van der Waals surface area (Å²) in [6.45, 7) is 1.72. The Kier molecular flexibility index (Phi) is 7.15. The number of hydrogen-bond donors (Lipinski definition) is 3. The van der Waals surface area contributed by atoms with Gasteiger partial charge in [-0.05, 0) is 50.5 Å². The van der Waals surface area contributed by atoms with Gasteiger partial charge in [0.1, 0.15) is 5.70 Å². The molecule has 1 aromatic heterocycles. The van der Waals surface area contributed by atoms with Gasteiger partial charge < -0.3 is 16.2 Å². The molecule has 8 nitrogen and oxygen atoms in total. The highest BCUT2D eigenvalue weighted by Crippen LogP contribution is 2.46. The first kappa shape index (κ1) is 21.9. The Hall–Kier alpha value is -2.81. The van der Waals surface area contributed by atoms with E-state index in [1.54, 1.807) is 13.1 Å². The molecule has 0 amide bonds. The van der Waals surface area contributed by atoms with Gasteiger partial charge in [-0.1, -0.05) is 11.6 Å². The maximum Gasteiger partial charge on any atom is 0.308 e. The smallest absolute Gasteiger partial charge is 0.308 e. The molecule has 0 aromatic carbocycles. The average molecular weight is 435 g/mol. The first-order valence-corrected chi connectivity index (χ1v) is 10.2. The topological polar surface area (TPSA) is 126 Å². The molecular formula is C20H24ClFN6O2. The molecule has 0 radical (unpaired) electrons. The van der Waals surface area contributed by atoms with E-state index in [0.29, 0.717) is 11.4 Å². The fourth-order valence-corrected chi connectivity index (χ4v) is 4.48. The van der Waals surface area contributed by atoms with Crippen LogP contribution in [-0.4, -0.2) is 39.0 Å². The number of carbonyl (C=O) groups is 1. The van der Waals surface area contributed by atoms with Crippen molar-refractivity contribution >= 4 is 41.3 Å². The van der Waals surface area contributed by atoms with Gasteiger partial charge in [0.15, 0.2) is 11.6 Å². The quantitative estimate of drug-likeness (QED) is 0.562. The Balaban J connectivity index is 1.92. The number of carboxylic acid groups (broad SMARTS) is 1. The number of hydrogen-bond acceptors (Lipinski definition) is 7. The monoisotopic (exact) mass is 434 g/mol. The molecule has 2 bridgehead atoms. The van der Waals surface area contributed by atoms with Crippen LogP contribution in [0.4, 0.5) is 16.2 Å². The van der Waals surface area contributed by atoms with E-state index in [1.165, 1.54) is 17.8 Å². The van der Waals surface area contributed by atoms with Crippen molar-refractivity contribution in [2.75, 3.05) is 5.32 Å². The van der Waals surface area contributed by atoms with E-state index in [0.717, 1.165) is 31.9 Å². The van der Waals surface area contributed by atoms with Gasteiger partial charge >= 0.3 is 5.97 Å². The Morgan fingerprint density at radius 2 is 2.07 bits per heavy atom. The number of allylic oxidation sites excluding steroid dienone is 1. The van der Waals surface area contributed by atoms with Crippen LogP contribution in [0.2, 0.25) is 0 Å². The minimum absolute atomic E-state index is 0.0258. The molecule has 1 heterocycles. The second-order valence-electron chi connectivity index (χ2n) is 7.30. The molecule has 3 saturated carbocycles. The minimum Gasteiger partial charge on any atom is -0.481 e. The van der Waals surface area contributed by atoms with Gasteiger partial charge in [-0.2, -0.15) is 4.98 Å². The van der Waals surface area contributed by atoms with E-state index < -0.39 is 17.7 Å². The maximum atomic E-state index is 14.5. The Bertz CT molecular complexity index is 909. The van der Waals surface area contributed by atoms with Crippen LogP contribution in [0.3, 0.4) is 0 Å². The van der Waals surface area contributed by atoms with Gasteiger partial charge in [0.25, 0.3) is 5.95 Å². The summed E-state index contributed by atoms with van der Waals surface area (Å²) >= 11 is 5.68. The summed E-state index contributed by atoms with van der Waals surface area (Å²) in [7, 11) is 0. The predicted molar refractivity (Wildman–Crippen MR) is 114 cm³/mol. The van der Waals surface area contributed by atoms with Crippen molar-refractivity contribution in [3.8, 4) is 0 Å². The molecule has 0 saturated heterocycles. The van der Waals surface area contributed by atoms with E-state index in [2.05, 4.69) is 25.3 Å². The maximum absolute atomic E-state index is 14.5. The van der Waals surface area contributed by atoms with Crippen LogP contribution in [0.25, 0.3) is 0 Å². The number of carboxylic acids is 1. The van der Waals surface area contributed by atoms with Gasteiger partial charge in [-0.25, -0.2) is 14.4 Å². The molecule has 2 atom stereocenters. The summed E-state index contributed by atoms with van der Waals surface area (Å²) in [5, 5.41) is 12.7. The molecule has 3 fully saturated rings. The zero-order chi connectivity index (χ0) is 21.7. The molecular weight excluding hydrogens is 411 g/mol. The number of rotatable bonds is 7. The van der Waals surface area contributed by atoms with Crippen LogP contribution < -0.4 is 11.1 Å². The summed E-state index contributed by atoms with van der Waals surface area (Å²) in [4.78, 5) is 28.3. The number of nitrogens with two attached hydrogens (primary N) is 1. The van der Waals surface area contributed by atoms with Gasteiger partial charge in [0.05, 0.1) is 17.8 Å². The highest BCUT2D eigenvalue weighted by molar-refractivity contribution is 6.28. The Labute approximate surface area is 178 Å². The van der Waals surface area contributed by atoms with E-state index in [4.69, 9.17) is 17.3 Å². The van der Waals surface area contributed by atoms with Crippen LogP contribution in [0.15, 0.2) is 39.7 Å². The standard InChI is InChI=1S/C20H24ClFN6O2/c1-2-24-15(9-23)14(7-8-21)26-20-25-10-13(22)18(28-20)27-17-12-5-3-11(4-6-12)16(17)19(29)30/h2,7-12,16-17H,3-6,23H2,1H3,(H,29,30)(H,25,27,28)/b8-7+,15-9?,24-2?,26-14?/t11?,12?,16-,17-/m0/s1. The third-order valence-corrected chi connectivity index (χ3v) is 5.79. The molecule has 0 spiro atoms. The molecule has 160 valence electrons. The van der Waals surface area contributed by atoms with Crippen LogP contribution in [0.1, 0.15) is 32.6 Å². The summed E-state index contributed by atoms with van der Waals surface area (Å²) in [5.74, 6) is -1.94. The van der Waals surface area contributed by atoms with Crippen molar-refractivity contribution < 1.29 is 14.3 Å². The van der Waals surface area contributed by atoms with Crippen LogP contribution in [0.5, 0.6) is 0 Å². The number of nitrogens with zero attached hydrogens (tertiary/aromatic N) is 4. The van der Waals surface area contributed by atoms with E-state index in [1.807, 2.05) is 0 Å². The van der Waals surface area contributed by atoms with Crippen molar-refractivity contribution in [1.82, 2.24) is 9.97 Å². The normalized spacial score (nSPS) is 27.2. The number of nitrogens with one attached hydrogen (secondary N) is 1. The van der Waals surface area contributed by atoms with Gasteiger partial charge in [-0.15, -0.1) is 0 Å². The minimum atomic E-state index is -0.862. The molecule has 0 unspecified atom stereocenters. The number of aromatic nitrogens is 2. The molecule has 3 aliphatic rings. The molecule has 1 aromatic rings. The van der Waals surface area contributed by atoms with Gasteiger partial charge in [0, 0.05) is 24.0 Å². The van der Waals surface area contributed by atoms with Crippen molar-refractivity contribution in [2.45, 2.75) is 38.6 Å². The average Bonchev–Trinajstić information content (AvgIpc) is 2.74. The van der Waals surface area contributed by atoms with E-state index >= 15 is 0 Å². The largest absolute Gasteiger partial charge is 0.481 e. The lowest BCUT2D eigenvalue weighted by atomic mass is 9.61. The third kappa shape index (κ3) is 4.67. The number of halogens is 2. The van der Waals surface area contributed by atoms with E-state index in [-0.39, 0.29) is 29.6 Å². The number of anilines is 1. The second-order valence-corrected chi connectivity index (χ2v) is 7.56. The van der Waals surface area contributed by atoms with Gasteiger partial charge in [-0.3, -0.25) is 9.79 Å². The lowest BCUT2D eigenvalue weighted by Crippen LogP contribution is -2.51. The Morgan fingerprint density at radius 1 is 1.37 bits per heavy atom. The number of aliphatic carboxylic acids is 1. The summed E-state index contributed by atoms with van der Waals surface area (Å²) < 4.78 is 14.5. The van der Waals surface area contributed by atoms with Crippen molar-refractivity contribution in [3.63, 3.8) is 0 Å². The molecule has 3 aliphatic carbocycles. The predicted octanol–water partition coefficient (Wildman–Crippen LogP) is 3.63. The van der Waals surface area contributed by atoms with E-state index in [9.17, 15) is 14.3 Å². The first-order chi connectivity index (χ1) is 14.5. The van der Waals surface area contributed by atoms with Crippen LogP contribution in [0, 0.1) is 23.6 Å². The third-order valence-electron chi connectivity index (χ3n) is 5.67. The highest BCUT2D eigenvalue weighted by atomic mass is 35.5.